The molecule has 0 saturated carbocycles. The van der Waals surface area contributed by atoms with Gasteiger partial charge in [-0.05, 0) is 18.6 Å². The molecule has 0 atom stereocenters. The predicted molar refractivity (Wildman–Crippen MR) is 84.2 cm³/mol. The number of hydrogen-bond acceptors (Lipinski definition) is 1. The maximum absolute atomic E-state index is 2.54. The Bertz CT molecular complexity index is 798. The Kier molecular flexibility index (Phi) is 3.85. The molecule has 0 N–H and O–H groups in total. The number of hydrogen-bond donors (Lipinski definition) is 0. The van der Waals surface area contributed by atoms with E-state index in [1.807, 2.05) is 0 Å². The van der Waals surface area contributed by atoms with Gasteiger partial charge in [-0.25, -0.2) is 4.57 Å². The standard InChI is InChI=1S/C18H19N2.BrH/c1-2-11-19-12-13-20-17-10-6-5-8-15(17)14-7-3-4-9-16(14)18(19)20;/h3-10H,2,11-13H2,1H3;1H/q+1;/p-1. The molecular weight excluding hydrogens is 324 g/mol. The van der Waals surface area contributed by atoms with Gasteiger partial charge in [0.15, 0.2) is 0 Å². The van der Waals surface area contributed by atoms with E-state index < -0.39 is 0 Å². The third kappa shape index (κ3) is 2.11. The van der Waals surface area contributed by atoms with Crippen LogP contribution in [-0.4, -0.2) is 13.1 Å². The monoisotopic (exact) mass is 342 g/mol. The minimum Gasteiger partial charge on any atom is -1.00 e. The van der Waals surface area contributed by atoms with Crippen LogP contribution in [0.3, 0.4) is 0 Å². The molecule has 4 rings (SSSR count). The number of halogens is 1. The fourth-order valence-corrected chi connectivity index (χ4v) is 3.49. The van der Waals surface area contributed by atoms with Crippen LogP contribution in [0.1, 0.15) is 13.3 Å². The molecule has 0 amide bonds. The van der Waals surface area contributed by atoms with Crippen molar-refractivity contribution in [3.05, 3.63) is 48.5 Å². The molecule has 108 valence electrons. The first-order chi connectivity index (χ1) is 9.90. The van der Waals surface area contributed by atoms with Gasteiger partial charge < -0.3 is 17.0 Å². The van der Waals surface area contributed by atoms with E-state index in [1.54, 1.807) is 0 Å². The molecule has 2 aromatic carbocycles. The van der Waals surface area contributed by atoms with Crippen LogP contribution < -0.4 is 26.4 Å². The Labute approximate surface area is 135 Å². The third-order valence-electron chi connectivity index (χ3n) is 4.30. The smallest absolute Gasteiger partial charge is 0.285 e. The lowest BCUT2D eigenvalue weighted by molar-refractivity contribution is -0.643. The van der Waals surface area contributed by atoms with Crippen LogP contribution in [0.15, 0.2) is 48.5 Å². The largest absolute Gasteiger partial charge is 1.00 e. The number of anilines is 1. The van der Waals surface area contributed by atoms with Crippen LogP contribution in [0.4, 0.5) is 5.82 Å². The summed E-state index contributed by atoms with van der Waals surface area (Å²) in [5.74, 6) is 1.40. The summed E-state index contributed by atoms with van der Waals surface area (Å²) >= 11 is 0. The van der Waals surface area contributed by atoms with Crippen molar-refractivity contribution >= 4 is 27.5 Å². The van der Waals surface area contributed by atoms with Gasteiger partial charge in [0.05, 0.1) is 11.9 Å². The maximum atomic E-state index is 2.54. The predicted octanol–water partition coefficient (Wildman–Crippen LogP) is 0.515. The number of fused-ring (bicyclic) bond motifs is 6. The SMILES string of the molecule is CCCN1CC[n+]2c1c1ccccc1c1ccccc12.[Br-]. The second kappa shape index (κ2) is 5.64. The van der Waals surface area contributed by atoms with Crippen molar-refractivity contribution < 1.29 is 21.5 Å². The summed E-state index contributed by atoms with van der Waals surface area (Å²) in [6.45, 7) is 5.63. The van der Waals surface area contributed by atoms with Gasteiger partial charge in [0.25, 0.3) is 5.82 Å². The van der Waals surface area contributed by atoms with E-state index in [0.717, 1.165) is 19.6 Å². The molecule has 1 aliphatic rings. The van der Waals surface area contributed by atoms with Crippen LogP contribution in [0.25, 0.3) is 21.7 Å². The normalized spacial score (nSPS) is 13.5. The molecule has 0 radical (unpaired) electrons. The summed E-state index contributed by atoms with van der Waals surface area (Å²) in [7, 11) is 0. The number of aromatic nitrogens is 1. The Morgan fingerprint density at radius 1 is 0.952 bits per heavy atom. The van der Waals surface area contributed by atoms with Crippen molar-refractivity contribution in [2.24, 2.45) is 0 Å². The number of rotatable bonds is 2. The molecule has 0 spiro atoms. The summed E-state index contributed by atoms with van der Waals surface area (Å²) in [4.78, 5) is 2.54. The first-order valence-corrected chi connectivity index (χ1v) is 7.48. The van der Waals surface area contributed by atoms with E-state index in [4.69, 9.17) is 0 Å². The van der Waals surface area contributed by atoms with Crippen molar-refractivity contribution in [3.8, 4) is 0 Å². The molecule has 1 aliphatic heterocycles. The first kappa shape index (κ1) is 14.3. The molecule has 2 heterocycles. The molecule has 3 heteroatoms. The van der Waals surface area contributed by atoms with Crippen LogP contribution in [-0.2, 0) is 6.54 Å². The highest BCUT2D eigenvalue weighted by atomic mass is 79.9. The van der Waals surface area contributed by atoms with Crippen molar-refractivity contribution in [1.82, 2.24) is 0 Å². The number of benzene rings is 2. The molecule has 2 nitrogen and oxygen atoms in total. The Hall–Kier alpha value is -1.61. The van der Waals surface area contributed by atoms with Gasteiger partial charge in [-0.3, -0.25) is 4.90 Å². The highest BCUT2D eigenvalue weighted by Gasteiger charge is 2.31. The Morgan fingerprint density at radius 2 is 1.62 bits per heavy atom. The molecule has 0 fully saturated rings. The van der Waals surface area contributed by atoms with Crippen molar-refractivity contribution in [2.75, 3.05) is 18.0 Å². The highest BCUT2D eigenvalue weighted by Crippen LogP contribution is 2.32. The lowest BCUT2D eigenvalue weighted by Gasteiger charge is -2.13. The van der Waals surface area contributed by atoms with Crippen LogP contribution >= 0.6 is 0 Å². The molecular formula is C18H19BrN2. The van der Waals surface area contributed by atoms with E-state index in [1.165, 1.54) is 33.9 Å². The second-order valence-electron chi connectivity index (χ2n) is 5.53. The lowest BCUT2D eigenvalue weighted by Crippen LogP contribution is -3.00. The summed E-state index contributed by atoms with van der Waals surface area (Å²) in [6.07, 6.45) is 1.20. The number of pyridine rings is 1. The van der Waals surface area contributed by atoms with Crippen LogP contribution in [0, 0.1) is 0 Å². The molecule has 21 heavy (non-hydrogen) atoms. The average Bonchev–Trinajstić information content (AvgIpc) is 2.92. The van der Waals surface area contributed by atoms with Gasteiger partial charge in [-0.15, -0.1) is 0 Å². The van der Waals surface area contributed by atoms with Crippen molar-refractivity contribution in [3.63, 3.8) is 0 Å². The quantitative estimate of drug-likeness (QED) is 0.486. The Balaban J connectivity index is 0.00000132. The molecule has 0 aliphatic carbocycles. The van der Waals surface area contributed by atoms with E-state index in [2.05, 4.69) is 64.9 Å². The van der Waals surface area contributed by atoms with Gasteiger partial charge in [0.2, 0.25) is 0 Å². The molecule has 1 aromatic heterocycles. The van der Waals surface area contributed by atoms with Gasteiger partial charge in [0.1, 0.15) is 18.6 Å². The molecule has 3 aromatic rings. The van der Waals surface area contributed by atoms with Gasteiger partial charge in [-0.2, -0.15) is 0 Å². The third-order valence-corrected chi connectivity index (χ3v) is 4.30. The van der Waals surface area contributed by atoms with Crippen molar-refractivity contribution in [1.29, 1.82) is 0 Å². The molecule has 0 bridgehead atoms. The maximum Gasteiger partial charge on any atom is 0.285 e. The first-order valence-electron chi connectivity index (χ1n) is 7.48. The highest BCUT2D eigenvalue weighted by molar-refractivity contribution is 6.08. The zero-order chi connectivity index (χ0) is 13.5. The van der Waals surface area contributed by atoms with Gasteiger partial charge in [-0.1, -0.05) is 43.3 Å². The fraction of sp³-hybridized carbons (Fsp3) is 0.278. The summed E-state index contributed by atoms with van der Waals surface area (Å²) in [5, 5.41) is 4.12. The molecule has 0 unspecified atom stereocenters. The minimum absolute atomic E-state index is 0. The zero-order valence-corrected chi connectivity index (χ0v) is 13.8. The summed E-state index contributed by atoms with van der Waals surface area (Å²) in [6, 6.07) is 17.6. The van der Waals surface area contributed by atoms with E-state index in [9.17, 15) is 0 Å². The number of para-hydroxylation sites is 1. The van der Waals surface area contributed by atoms with E-state index in [0.29, 0.717) is 0 Å². The van der Waals surface area contributed by atoms with Crippen molar-refractivity contribution in [2.45, 2.75) is 19.9 Å². The number of nitrogens with zero attached hydrogens (tertiary/aromatic N) is 2. The topological polar surface area (TPSA) is 7.12 Å². The summed E-state index contributed by atoms with van der Waals surface area (Å²) < 4.78 is 2.49. The van der Waals surface area contributed by atoms with Crippen LogP contribution in [0.5, 0.6) is 0 Å². The average molecular weight is 343 g/mol. The Morgan fingerprint density at radius 3 is 2.38 bits per heavy atom. The van der Waals surface area contributed by atoms with Gasteiger partial charge in [0, 0.05) is 10.8 Å². The molecule has 0 saturated heterocycles. The van der Waals surface area contributed by atoms with E-state index in [-0.39, 0.29) is 17.0 Å². The second-order valence-corrected chi connectivity index (χ2v) is 5.53. The zero-order valence-electron chi connectivity index (χ0n) is 12.2. The van der Waals surface area contributed by atoms with Crippen LogP contribution in [0.2, 0.25) is 0 Å². The summed E-state index contributed by atoms with van der Waals surface area (Å²) in [5.41, 5.74) is 1.36. The lowest BCUT2D eigenvalue weighted by atomic mass is 10.1. The minimum atomic E-state index is 0. The van der Waals surface area contributed by atoms with Gasteiger partial charge >= 0.3 is 0 Å². The fourth-order valence-electron chi connectivity index (χ4n) is 3.49. The van der Waals surface area contributed by atoms with E-state index >= 15 is 0 Å².